The van der Waals surface area contributed by atoms with Crippen molar-refractivity contribution in [3.05, 3.63) is 65.2 Å². The molecular weight excluding hydrogens is 310 g/mol. The highest BCUT2D eigenvalue weighted by atomic mass is 16.5. The van der Waals surface area contributed by atoms with E-state index in [-0.39, 0.29) is 11.5 Å². The number of hydrogen-bond acceptors (Lipinski definition) is 2. The van der Waals surface area contributed by atoms with Gasteiger partial charge in [-0.2, -0.15) is 0 Å². The molecule has 2 aliphatic rings. The maximum atomic E-state index is 13.4. The summed E-state index contributed by atoms with van der Waals surface area (Å²) in [4.78, 5) is 13.4. The SMILES string of the molecule is COc1ccc2c(c1)[C@]1(C)CC[N+](C)(Cc3ccccc3)[C@H](C2)C1=O. The van der Waals surface area contributed by atoms with E-state index in [1.54, 1.807) is 7.11 Å². The largest absolute Gasteiger partial charge is 0.497 e. The van der Waals surface area contributed by atoms with Gasteiger partial charge in [0, 0.05) is 18.4 Å². The number of likely N-dealkylation sites (N-methyl/N-ethyl adjacent to an activating group) is 1. The van der Waals surface area contributed by atoms with E-state index in [9.17, 15) is 4.79 Å². The quantitative estimate of drug-likeness (QED) is 0.802. The van der Waals surface area contributed by atoms with Gasteiger partial charge >= 0.3 is 0 Å². The number of carbonyl (C=O) groups is 1. The Morgan fingerprint density at radius 1 is 1.20 bits per heavy atom. The third-order valence-electron chi connectivity index (χ3n) is 6.43. The van der Waals surface area contributed by atoms with Gasteiger partial charge in [-0.15, -0.1) is 0 Å². The number of likely N-dealkylation sites (tertiary alicyclic amines) is 1. The zero-order chi connectivity index (χ0) is 17.7. The molecule has 2 aromatic carbocycles. The van der Waals surface area contributed by atoms with Gasteiger partial charge in [0.05, 0.1) is 26.1 Å². The van der Waals surface area contributed by atoms with Crippen LogP contribution in [0.4, 0.5) is 0 Å². The molecular formula is C22H26NO2+. The molecule has 0 saturated carbocycles. The van der Waals surface area contributed by atoms with Crippen molar-refractivity contribution in [2.45, 2.75) is 37.8 Å². The molecule has 1 heterocycles. The Bertz CT molecular complexity index is 816. The average Bonchev–Trinajstić information content (AvgIpc) is 2.62. The number of Topliss-reactive ketones (excluding diaryl/α,β-unsaturated/α-hetero) is 1. The lowest BCUT2D eigenvalue weighted by atomic mass is 9.63. The van der Waals surface area contributed by atoms with Crippen LogP contribution in [-0.2, 0) is 23.2 Å². The molecule has 2 bridgehead atoms. The van der Waals surface area contributed by atoms with Crippen molar-refractivity contribution in [3.63, 3.8) is 0 Å². The number of rotatable bonds is 3. The maximum Gasteiger partial charge on any atom is 0.200 e. The lowest BCUT2D eigenvalue weighted by Crippen LogP contribution is -2.67. The molecule has 1 saturated heterocycles. The first kappa shape index (κ1) is 16.3. The minimum Gasteiger partial charge on any atom is -0.497 e. The van der Waals surface area contributed by atoms with Gasteiger partial charge in [-0.25, -0.2) is 0 Å². The van der Waals surface area contributed by atoms with E-state index in [2.05, 4.69) is 50.4 Å². The molecule has 1 aliphatic heterocycles. The summed E-state index contributed by atoms with van der Waals surface area (Å²) < 4.78 is 6.21. The van der Waals surface area contributed by atoms with Gasteiger partial charge in [-0.3, -0.25) is 4.79 Å². The zero-order valence-corrected chi connectivity index (χ0v) is 15.3. The molecule has 0 aromatic heterocycles. The van der Waals surface area contributed by atoms with E-state index in [0.29, 0.717) is 5.78 Å². The van der Waals surface area contributed by atoms with E-state index < -0.39 is 0 Å². The molecule has 130 valence electrons. The highest BCUT2D eigenvalue weighted by Crippen LogP contribution is 2.46. The molecule has 0 amide bonds. The predicted octanol–water partition coefficient (Wildman–Crippen LogP) is 3.50. The molecule has 0 spiro atoms. The van der Waals surface area contributed by atoms with Gasteiger partial charge in [0.2, 0.25) is 5.78 Å². The molecule has 3 atom stereocenters. The van der Waals surface area contributed by atoms with Crippen LogP contribution in [0.3, 0.4) is 0 Å². The number of ether oxygens (including phenoxy) is 1. The summed E-state index contributed by atoms with van der Waals surface area (Å²) in [5.41, 5.74) is 3.42. The van der Waals surface area contributed by atoms with Crippen LogP contribution in [0.25, 0.3) is 0 Å². The first-order chi connectivity index (χ1) is 12.0. The molecule has 1 unspecified atom stereocenters. The average molecular weight is 336 g/mol. The Labute approximate surface area is 149 Å². The van der Waals surface area contributed by atoms with Crippen LogP contribution >= 0.6 is 0 Å². The van der Waals surface area contributed by atoms with Crippen molar-refractivity contribution in [1.29, 1.82) is 0 Å². The van der Waals surface area contributed by atoms with Gasteiger partial charge in [0.15, 0.2) is 6.04 Å². The van der Waals surface area contributed by atoms with Crippen LogP contribution in [0.5, 0.6) is 5.75 Å². The van der Waals surface area contributed by atoms with Crippen LogP contribution < -0.4 is 4.74 Å². The number of fused-ring (bicyclic) bond motifs is 4. The minimum atomic E-state index is -0.374. The second-order valence-electron chi connectivity index (χ2n) is 8.04. The fourth-order valence-corrected chi connectivity index (χ4v) is 4.76. The number of methoxy groups -OCH3 is 1. The Morgan fingerprint density at radius 3 is 2.68 bits per heavy atom. The van der Waals surface area contributed by atoms with Gasteiger partial charge in [-0.1, -0.05) is 36.4 Å². The third-order valence-corrected chi connectivity index (χ3v) is 6.43. The predicted molar refractivity (Wildman–Crippen MR) is 98.7 cm³/mol. The Hall–Kier alpha value is -2.13. The number of nitrogens with zero attached hydrogens (tertiary/aromatic N) is 1. The normalized spacial score (nSPS) is 30.7. The van der Waals surface area contributed by atoms with Gasteiger partial charge in [0.25, 0.3) is 0 Å². The lowest BCUT2D eigenvalue weighted by molar-refractivity contribution is -0.941. The molecule has 1 aliphatic carbocycles. The number of carbonyl (C=O) groups excluding carboxylic acids is 1. The highest BCUT2D eigenvalue weighted by molar-refractivity contribution is 5.96. The number of ketones is 1. The van der Waals surface area contributed by atoms with E-state index in [1.165, 1.54) is 16.7 Å². The van der Waals surface area contributed by atoms with E-state index in [1.807, 2.05) is 12.1 Å². The molecule has 3 nitrogen and oxygen atoms in total. The summed E-state index contributed by atoms with van der Waals surface area (Å²) in [6.45, 7) is 4.07. The van der Waals surface area contributed by atoms with Gasteiger partial charge in [-0.05, 0) is 30.2 Å². The molecule has 0 radical (unpaired) electrons. The topological polar surface area (TPSA) is 26.3 Å². The van der Waals surface area contributed by atoms with E-state index >= 15 is 0 Å². The number of quaternary nitrogens is 1. The molecule has 0 N–H and O–H groups in total. The summed E-state index contributed by atoms with van der Waals surface area (Å²) in [5.74, 6) is 1.25. The van der Waals surface area contributed by atoms with Gasteiger partial charge < -0.3 is 9.22 Å². The summed E-state index contributed by atoms with van der Waals surface area (Å²) in [5, 5.41) is 0. The van der Waals surface area contributed by atoms with Crippen molar-refractivity contribution < 1.29 is 14.0 Å². The summed E-state index contributed by atoms with van der Waals surface area (Å²) in [6.07, 6.45) is 1.73. The summed E-state index contributed by atoms with van der Waals surface area (Å²) in [6, 6.07) is 16.9. The first-order valence-corrected chi connectivity index (χ1v) is 9.06. The summed E-state index contributed by atoms with van der Waals surface area (Å²) >= 11 is 0. The van der Waals surface area contributed by atoms with E-state index in [0.717, 1.165) is 36.2 Å². The van der Waals surface area contributed by atoms with Crippen LogP contribution in [0.15, 0.2) is 48.5 Å². The van der Waals surface area contributed by atoms with Crippen LogP contribution in [0, 0.1) is 0 Å². The second kappa shape index (κ2) is 5.70. The van der Waals surface area contributed by atoms with E-state index in [4.69, 9.17) is 4.74 Å². The van der Waals surface area contributed by atoms with Crippen molar-refractivity contribution in [3.8, 4) is 5.75 Å². The minimum absolute atomic E-state index is 0.0415. The lowest BCUT2D eigenvalue weighted by Gasteiger charge is -2.52. The van der Waals surface area contributed by atoms with Crippen molar-refractivity contribution in [1.82, 2.24) is 0 Å². The fraction of sp³-hybridized carbons (Fsp3) is 0.409. The molecule has 4 rings (SSSR count). The van der Waals surface area contributed by atoms with Crippen molar-refractivity contribution >= 4 is 5.78 Å². The van der Waals surface area contributed by atoms with Crippen LogP contribution in [0.1, 0.15) is 30.0 Å². The summed E-state index contributed by atoms with van der Waals surface area (Å²) in [7, 11) is 3.94. The van der Waals surface area contributed by atoms with Crippen molar-refractivity contribution in [2.75, 3.05) is 20.7 Å². The Morgan fingerprint density at radius 2 is 1.96 bits per heavy atom. The third kappa shape index (κ3) is 2.49. The van der Waals surface area contributed by atoms with Crippen LogP contribution in [0.2, 0.25) is 0 Å². The molecule has 2 aromatic rings. The zero-order valence-electron chi connectivity index (χ0n) is 15.3. The first-order valence-electron chi connectivity index (χ1n) is 9.06. The molecule has 1 fully saturated rings. The number of hydrogen-bond donors (Lipinski definition) is 0. The number of piperidine rings is 1. The smallest absolute Gasteiger partial charge is 0.200 e. The molecule has 25 heavy (non-hydrogen) atoms. The standard InChI is InChI=1S/C22H26NO2/c1-22-11-12-23(2,15-16-7-5-4-6-8-16)20(21(22)24)13-17-9-10-18(25-3)14-19(17)22/h4-10,14,20H,11-13,15H2,1-3H3/q+1/t20-,22+,23?/m1/s1. The number of benzene rings is 2. The molecule has 3 heteroatoms. The highest BCUT2D eigenvalue weighted by Gasteiger charge is 2.56. The maximum absolute atomic E-state index is 13.4. The van der Waals surface area contributed by atoms with Crippen molar-refractivity contribution in [2.24, 2.45) is 0 Å². The second-order valence-corrected chi connectivity index (χ2v) is 8.04. The Kier molecular flexibility index (Phi) is 3.73. The van der Waals surface area contributed by atoms with Gasteiger partial charge in [0.1, 0.15) is 12.3 Å². The fourth-order valence-electron chi connectivity index (χ4n) is 4.76. The van der Waals surface area contributed by atoms with Crippen LogP contribution in [-0.4, -0.2) is 37.0 Å². The Balaban J connectivity index is 1.73. The monoisotopic (exact) mass is 336 g/mol.